The molecule has 4 nitrogen and oxygen atoms in total. The van der Waals surface area contributed by atoms with Gasteiger partial charge in [-0.05, 0) is 40.5 Å². The molecule has 0 fully saturated rings. The van der Waals surface area contributed by atoms with Gasteiger partial charge in [-0.3, -0.25) is 9.48 Å². The van der Waals surface area contributed by atoms with Crippen LogP contribution in [-0.4, -0.2) is 15.7 Å². The first kappa shape index (κ1) is 13.7. The molecule has 0 radical (unpaired) electrons. The van der Waals surface area contributed by atoms with Gasteiger partial charge in [-0.15, -0.1) is 0 Å². The van der Waals surface area contributed by atoms with E-state index in [1.165, 1.54) is 16.8 Å². The Labute approximate surface area is 118 Å². The van der Waals surface area contributed by atoms with Gasteiger partial charge in [0.15, 0.2) is 0 Å². The van der Waals surface area contributed by atoms with Gasteiger partial charge in [-0.2, -0.15) is 5.10 Å². The van der Waals surface area contributed by atoms with Gasteiger partial charge in [0.2, 0.25) is 5.91 Å². The van der Waals surface area contributed by atoms with Crippen LogP contribution in [0.15, 0.2) is 41.1 Å². The zero-order valence-electron chi connectivity index (χ0n) is 10.3. The van der Waals surface area contributed by atoms with Crippen molar-refractivity contribution < 1.29 is 9.18 Å². The summed E-state index contributed by atoms with van der Waals surface area (Å²) in [7, 11) is 0. The Bertz CT molecular complexity index is 568. The molecular weight excluding hydrogens is 313 g/mol. The first-order chi connectivity index (χ1) is 9.04. The van der Waals surface area contributed by atoms with E-state index in [1.54, 1.807) is 24.5 Å². The summed E-state index contributed by atoms with van der Waals surface area (Å²) < 4.78 is 15.2. The van der Waals surface area contributed by atoms with Crippen molar-refractivity contribution in [2.45, 2.75) is 19.5 Å². The number of carbonyl (C=O) groups is 1. The number of carbonyl (C=O) groups excluding carboxylic acids is 1. The molecule has 0 aliphatic rings. The highest BCUT2D eigenvalue weighted by molar-refractivity contribution is 9.10. The van der Waals surface area contributed by atoms with Crippen LogP contribution >= 0.6 is 15.9 Å². The maximum absolute atomic E-state index is 12.8. The van der Waals surface area contributed by atoms with Crippen molar-refractivity contribution >= 4 is 21.8 Å². The Morgan fingerprint density at radius 3 is 2.74 bits per heavy atom. The van der Waals surface area contributed by atoms with Crippen molar-refractivity contribution in [1.29, 1.82) is 0 Å². The number of hydrogen-bond donors (Lipinski definition) is 1. The molecule has 0 saturated heterocycles. The Morgan fingerprint density at radius 1 is 1.47 bits per heavy atom. The van der Waals surface area contributed by atoms with E-state index < -0.39 is 0 Å². The van der Waals surface area contributed by atoms with Crippen molar-refractivity contribution in [3.8, 4) is 0 Å². The van der Waals surface area contributed by atoms with Crippen LogP contribution in [0.5, 0.6) is 0 Å². The standard InChI is InChI=1S/C13H13BrFN3O/c1-9(10-2-4-12(15)5-3-10)17-13(19)8-18-7-11(14)6-16-18/h2-7,9H,8H2,1H3,(H,17,19). The van der Waals surface area contributed by atoms with Crippen LogP contribution in [0, 0.1) is 5.82 Å². The minimum atomic E-state index is -0.288. The van der Waals surface area contributed by atoms with Gasteiger partial charge < -0.3 is 5.32 Å². The fourth-order valence-electron chi connectivity index (χ4n) is 1.69. The number of nitrogens with one attached hydrogen (secondary N) is 1. The molecule has 0 saturated carbocycles. The van der Waals surface area contributed by atoms with E-state index in [9.17, 15) is 9.18 Å². The molecule has 6 heteroatoms. The average Bonchev–Trinajstić information content (AvgIpc) is 2.75. The second-order valence-corrected chi connectivity index (χ2v) is 5.11. The maximum atomic E-state index is 12.8. The van der Waals surface area contributed by atoms with E-state index in [0.717, 1.165) is 10.0 Å². The molecule has 1 N–H and O–H groups in total. The largest absolute Gasteiger partial charge is 0.348 e. The minimum Gasteiger partial charge on any atom is -0.348 e. The highest BCUT2D eigenvalue weighted by Gasteiger charge is 2.10. The zero-order chi connectivity index (χ0) is 13.8. The summed E-state index contributed by atoms with van der Waals surface area (Å²) in [5.41, 5.74) is 0.858. The number of benzene rings is 1. The second-order valence-electron chi connectivity index (χ2n) is 4.20. The summed E-state index contributed by atoms with van der Waals surface area (Å²) in [5, 5.41) is 6.84. The molecular formula is C13H13BrFN3O. The van der Waals surface area contributed by atoms with Crippen LogP contribution < -0.4 is 5.32 Å². The van der Waals surface area contributed by atoms with E-state index in [2.05, 4.69) is 26.3 Å². The fourth-order valence-corrected chi connectivity index (χ4v) is 2.02. The molecule has 0 bridgehead atoms. The lowest BCUT2D eigenvalue weighted by Gasteiger charge is -2.14. The predicted octanol–water partition coefficient (Wildman–Crippen LogP) is 2.66. The summed E-state index contributed by atoms with van der Waals surface area (Å²) in [6.07, 6.45) is 3.35. The SMILES string of the molecule is CC(NC(=O)Cn1cc(Br)cn1)c1ccc(F)cc1. The molecule has 19 heavy (non-hydrogen) atoms. The van der Waals surface area contributed by atoms with Crippen LogP contribution in [0.4, 0.5) is 4.39 Å². The van der Waals surface area contributed by atoms with Gasteiger partial charge >= 0.3 is 0 Å². The van der Waals surface area contributed by atoms with E-state index in [-0.39, 0.29) is 24.3 Å². The van der Waals surface area contributed by atoms with Gasteiger partial charge in [0.05, 0.1) is 16.7 Å². The minimum absolute atomic E-state index is 0.146. The molecule has 1 unspecified atom stereocenters. The molecule has 1 heterocycles. The topological polar surface area (TPSA) is 46.9 Å². The van der Waals surface area contributed by atoms with Crippen LogP contribution in [0.1, 0.15) is 18.5 Å². The van der Waals surface area contributed by atoms with Gasteiger partial charge in [0.1, 0.15) is 12.4 Å². The predicted molar refractivity (Wildman–Crippen MR) is 72.9 cm³/mol. The summed E-state index contributed by atoms with van der Waals surface area (Å²) in [6, 6.07) is 5.90. The maximum Gasteiger partial charge on any atom is 0.242 e. The van der Waals surface area contributed by atoms with Gasteiger partial charge in [-0.25, -0.2) is 4.39 Å². The Morgan fingerprint density at radius 2 is 2.16 bits per heavy atom. The number of aromatic nitrogens is 2. The second kappa shape index (κ2) is 5.97. The number of rotatable bonds is 4. The van der Waals surface area contributed by atoms with Crippen molar-refractivity contribution in [3.63, 3.8) is 0 Å². The third-order valence-corrected chi connectivity index (χ3v) is 3.06. The summed E-state index contributed by atoms with van der Waals surface area (Å²) in [5.74, 6) is -0.434. The molecule has 1 amide bonds. The summed E-state index contributed by atoms with van der Waals surface area (Å²) in [6.45, 7) is 2.00. The van der Waals surface area contributed by atoms with E-state index in [4.69, 9.17) is 0 Å². The lowest BCUT2D eigenvalue weighted by Crippen LogP contribution is -2.30. The quantitative estimate of drug-likeness (QED) is 0.939. The molecule has 2 rings (SSSR count). The van der Waals surface area contributed by atoms with Crippen LogP contribution in [-0.2, 0) is 11.3 Å². The molecule has 1 atom stereocenters. The summed E-state index contributed by atoms with van der Waals surface area (Å²) >= 11 is 3.27. The lowest BCUT2D eigenvalue weighted by molar-refractivity contribution is -0.122. The van der Waals surface area contributed by atoms with Gasteiger partial charge in [0, 0.05) is 6.20 Å². The number of nitrogens with zero attached hydrogens (tertiary/aromatic N) is 2. The van der Waals surface area contributed by atoms with Crippen molar-refractivity contribution in [3.05, 3.63) is 52.5 Å². The first-order valence-electron chi connectivity index (χ1n) is 5.77. The van der Waals surface area contributed by atoms with Gasteiger partial charge in [-0.1, -0.05) is 12.1 Å². The third-order valence-electron chi connectivity index (χ3n) is 2.65. The molecule has 0 aliphatic heterocycles. The Hall–Kier alpha value is -1.69. The molecule has 0 spiro atoms. The van der Waals surface area contributed by atoms with E-state index in [0.29, 0.717) is 0 Å². The molecule has 1 aromatic heterocycles. The highest BCUT2D eigenvalue weighted by Crippen LogP contribution is 2.13. The lowest BCUT2D eigenvalue weighted by atomic mass is 10.1. The molecule has 100 valence electrons. The van der Waals surface area contributed by atoms with Crippen molar-refractivity contribution in [1.82, 2.24) is 15.1 Å². The monoisotopic (exact) mass is 325 g/mol. The normalized spacial score (nSPS) is 12.2. The Balaban J connectivity index is 1.93. The summed E-state index contributed by atoms with van der Waals surface area (Å²) in [4.78, 5) is 11.8. The number of hydrogen-bond acceptors (Lipinski definition) is 2. The average molecular weight is 326 g/mol. The van der Waals surface area contributed by atoms with Crippen LogP contribution in [0.25, 0.3) is 0 Å². The zero-order valence-corrected chi connectivity index (χ0v) is 11.9. The van der Waals surface area contributed by atoms with Crippen LogP contribution in [0.3, 0.4) is 0 Å². The van der Waals surface area contributed by atoms with E-state index in [1.807, 2.05) is 6.92 Å². The molecule has 2 aromatic rings. The third kappa shape index (κ3) is 3.89. The first-order valence-corrected chi connectivity index (χ1v) is 6.56. The van der Waals surface area contributed by atoms with Gasteiger partial charge in [0.25, 0.3) is 0 Å². The Kier molecular flexibility index (Phi) is 4.31. The number of amides is 1. The fraction of sp³-hybridized carbons (Fsp3) is 0.231. The van der Waals surface area contributed by atoms with Crippen molar-refractivity contribution in [2.24, 2.45) is 0 Å². The van der Waals surface area contributed by atoms with Crippen LogP contribution in [0.2, 0.25) is 0 Å². The van der Waals surface area contributed by atoms with E-state index >= 15 is 0 Å². The molecule has 1 aromatic carbocycles. The van der Waals surface area contributed by atoms with Crippen molar-refractivity contribution in [2.75, 3.05) is 0 Å². The highest BCUT2D eigenvalue weighted by atomic mass is 79.9. The molecule has 0 aliphatic carbocycles. The number of halogens is 2. The smallest absolute Gasteiger partial charge is 0.242 e.